The number of piperidine rings is 1. The van der Waals surface area contributed by atoms with Crippen molar-refractivity contribution < 1.29 is 9.18 Å². The average molecular weight is 290 g/mol. The van der Waals surface area contributed by atoms with E-state index in [0.717, 1.165) is 37.5 Å². The number of likely N-dealkylation sites (tertiary alicyclic amines) is 1. The van der Waals surface area contributed by atoms with Crippen LogP contribution >= 0.6 is 0 Å². The number of nitrogens with zero attached hydrogens (tertiary/aromatic N) is 2. The van der Waals surface area contributed by atoms with Gasteiger partial charge in [-0.3, -0.25) is 4.79 Å². The molecule has 2 heterocycles. The van der Waals surface area contributed by atoms with Crippen molar-refractivity contribution in [2.75, 3.05) is 37.6 Å². The number of halogens is 1. The van der Waals surface area contributed by atoms with E-state index in [9.17, 15) is 9.18 Å². The molecule has 0 saturated carbocycles. The molecule has 0 unspecified atom stereocenters. The molecule has 3 nitrogen and oxygen atoms in total. The highest BCUT2D eigenvalue weighted by Crippen LogP contribution is 2.26. The van der Waals surface area contributed by atoms with Gasteiger partial charge in [0.2, 0.25) is 0 Å². The molecule has 114 valence electrons. The first kappa shape index (κ1) is 14.5. The van der Waals surface area contributed by atoms with Crippen molar-refractivity contribution in [3.63, 3.8) is 0 Å². The topological polar surface area (TPSA) is 23.6 Å². The molecule has 2 aliphatic heterocycles. The normalized spacial score (nSPS) is 20.9. The third kappa shape index (κ3) is 3.62. The second kappa shape index (κ2) is 6.56. The summed E-state index contributed by atoms with van der Waals surface area (Å²) in [4.78, 5) is 15.6. The van der Waals surface area contributed by atoms with Crippen molar-refractivity contribution in [2.45, 2.75) is 25.7 Å². The van der Waals surface area contributed by atoms with E-state index < -0.39 is 0 Å². The van der Waals surface area contributed by atoms with E-state index in [-0.39, 0.29) is 5.82 Å². The van der Waals surface area contributed by atoms with Crippen LogP contribution in [0.25, 0.3) is 0 Å². The van der Waals surface area contributed by atoms with Gasteiger partial charge < -0.3 is 9.80 Å². The minimum absolute atomic E-state index is 0.325. The summed E-state index contributed by atoms with van der Waals surface area (Å²) in [5.74, 6) is 0.437. The number of benzene rings is 1. The molecule has 0 bridgehead atoms. The highest BCUT2D eigenvalue weighted by atomic mass is 19.1. The first-order chi connectivity index (χ1) is 10.2. The minimum atomic E-state index is -0.325. The van der Waals surface area contributed by atoms with Crippen molar-refractivity contribution in [1.29, 1.82) is 0 Å². The van der Waals surface area contributed by atoms with Crippen molar-refractivity contribution in [3.05, 3.63) is 29.6 Å². The Hall–Kier alpha value is -1.42. The fourth-order valence-electron chi connectivity index (χ4n) is 3.55. The van der Waals surface area contributed by atoms with E-state index in [1.165, 1.54) is 44.6 Å². The maximum Gasteiger partial charge on any atom is 0.150 e. The highest BCUT2D eigenvalue weighted by Gasteiger charge is 2.23. The summed E-state index contributed by atoms with van der Waals surface area (Å²) in [5.41, 5.74) is 1.26. The molecule has 21 heavy (non-hydrogen) atoms. The van der Waals surface area contributed by atoms with Gasteiger partial charge in [0.15, 0.2) is 0 Å². The Labute approximate surface area is 125 Å². The zero-order valence-corrected chi connectivity index (χ0v) is 12.4. The second-order valence-electron chi connectivity index (χ2n) is 6.30. The summed E-state index contributed by atoms with van der Waals surface area (Å²) in [6.45, 7) is 5.65. The van der Waals surface area contributed by atoms with Crippen LogP contribution in [0, 0.1) is 11.7 Å². The fourth-order valence-corrected chi connectivity index (χ4v) is 3.55. The van der Waals surface area contributed by atoms with Crippen LogP contribution in [0.2, 0.25) is 0 Å². The van der Waals surface area contributed by atoms with Gasteiger partial charge in [-0.2, -0.15) is 0 Å². The number of hydrogen-bond acceptors (Lipinski definition) is 3. The highest BCUT2D eigenvalue weighted by molar-refractivity contribution is 5.77. The summed E-state index contributed by atoms with van der Waals surface area (Å²) in [5, 5.41) is 0. The van der Waals surface area contributed by atoms with Crippen LogP contribution in [-0.4, -0.2) is 43.9 Å². The van der Waals surface area contributed by atoms with Crippen LogP contribution < -0.4 is 4.90 Å². The molecule has 0 atom stereocenters. The van der Waals surface area contributed by atoms with Crippen molar-refractivity contribution in [2.24, 2.45) is 5.92 Å². The molecule has 0 aliphatic carbocycles. The van der Waals surface area contributed by atoms with Gasteiger partial charge in [0.05, 0.1) is 0 Å². The lowest BCUT2D eigenvalue weighted by atomic mass is 9.95. The van der Waals surface area contributed by atoms with Crippen molar-refractivity contribution in [3.8, 4) is 0 Å². The SMILES string of the molecule is O=Cc1cc(F)cc(N2CCC(CN3CCCC3)CC2)c1. The van der Waals surface area contributed by atoms with Gasteiger partial charge in [-0.05, 0) is 62.9 Å². The zero-order valence-electron chi connectivity index (χ0n) is 12.4. The quantitative estimate of drug-likeness (QED) is 0.797. The van der Waals surface area contributed by atoms with Gasteiger partial charge in [-0.1, -0.05) is 0 Å². The molecule has 3 rings (SSSR count). The lowest BCUT2D eigenvalue weighted by Gasteiger charge is -2.35. The largest absolute Gasteiger partial charge is 0.371 e. The summed E-state index contributed by atoms with van der Waals surface area (Å²) in [6.07, 6.45) is 5.72. The van der Waals surface area contributed by atoms with Gasteiger partial charge in [0.1, 0.15) is 12.1 Å². The number of carbonyl (C=O) groups excluding carboxylic acids is 1. The van der Waals surface area contributed by atoms with Crippen molar-refractivity contribution >= 4 is 12.0 Å². The maximum absolute atomic E-state index is 13.5. The lowest BCUT2D eigenvalue weighted by Crippen LogP contribution is -2.38. The first-order valence-electron chi connectivity index (χ1n) is 7.97. The maximum atomic E-state index is 13.5. The van der Waals surface area contributed by atoms with Crippen LogP contribution in [-0.2, 0) is 0 Å². The van der Waals surface area contributed by atoms with Gasteiger partial charge in [-0.25, -0.2) is 4.39 Å². The number of rotatable bonds is 4. The Morgan fingerprint density at radius 2 is 1.81 bits per heavy atom. The van der Waals surface area contributed by atoms with E-state index >= 15 is 0 Å². The third-order valence-electron chi connectivity index (χ3n) is 4.74. The van der Waals surface area contributed by atoms with E-state index in [0.29, 0.717) is 11.8 Å². The van der Waals surface area contributed by atoms with Crippen LogP contribution in [0.3, 0.4) is 0 Å². The van der Waals surface area contributed by atoms with Gasteiger partial charge in [0, 0.05) is 30.9 Å². The molecule has 1 aromatic rings. The van der Waals surface area contributed by atoms with Gasteiger partial charge in [0.25, 0.3) is 0 Å². The van der Waals surface area contributed by atoms with Crippen LogP contribution in [0.4, 0.5) is 10.1 Å². The fraction of sp³-hybridized carbons (Fsp3) is 0.588. The smallest absolute Gasteiger partial charge is 0.150 e. The van der Waals surface area contributed by atoms with E-state index in [1.807, 2.05) is 0 Å². The molecule has 2 saturated heterocycles. The summed E-state index contributed by atoms with van der Waals surface area (Å²) in [7, 11) is 0. The predicted octanol–water partition coefficient (Wildman–Crippen LogP) is 2.95. The number of aldehydes is 1. The minimum Gasteiger partial charge on any atom is -0.371 e. The predicted molar refractivity (Wildman–Crippen MR) is 82.4 cm³/mol. The Morgan fingerprint density at radius 1 is 1.10 bits per heavy atom. The molecule has 1 aromatic carbocycles. The summed E-state index contributed by atoms with van der Waals surface area (Å²) in [6, 6.07) is 4.61. The van der Waals surface area contributed by atoms with Crippen LogP contribution in [0.5, 0.6) is 0 Å². The van der Waals surface area contributed by atoms with Gasteiger partial charge >= 0.3 is 0 Å². The molecule has 0 spiro atoms. The molecule has 2 fully saturated rings. The molecule has 0 amide bonds. The number of hydrogen-bond donors (Lipinski definition) is 0. The van der Waals surface area contributed by atoms with E-state index in [4.69, 9.17) is 0 Å². The third-order valence-corrected chi connectivity index (χ3v) is 4.74. The standard InChI is InChI=1S/C17H23FN2O/c18-16-9-15(13-21)10-17(11-16)20-7-3-14(4-8-20)12-19-5-1-2-6-19/h9-11,13-14H,1-8,12H2. The van der Waals surface area contributed by atoms with E-state index in [1.54, 1.807) is 6.07 Å². The molecule has 0 radical (unpaired) electrons. The Bertz CT molecular complexity index is 492. The Kier molecular flexibility index (Phi) is 4.54. The van der Waals surface area contributed by atoms with Crippen molar-refractivity contribution in [1.82, 2.24) is 4.90 Å². The molecule has 0 N–H and O–H groups in total. The molecule has 0 aromatic heterocycles. The zero-order chi connectivity index (χ0) is 14.7. The monoisotopic (exact) mass is 290 g/mol. The first-order valence-corrected chi connectivity index (χ1v) is 7.97. The molecular weight excluding hydrogens is 267 g/mol. The molecule has 2 aliphatic rings. The summed E-state index contributed by atoms with van der Waals surface area (Å²) >= 11 is 0. The van der Waals surface area contributed by atoms with Crippen LogP contribution in [0.15, 0.2) is 18.2 Å². The van der Waals surface area contributed by atoms with E-state index in [2.05, 4.69) is 9.80 Å². The second-order valence-corrected chi connectivity index (χ2v) is 6.30. The molecule has 4 heteroatoms. The number of anilines is 1. The summed E-state index contributed by atoms with van der Waals surface area (Å²) < 4.78 is 13.5. The number of carbonyl (C=O) groups is 1. The molecular formula is C17H23FN2O. The average Bonchev–Trinajstić information content (AvgIpc) is 3.00. The Morgan fingerprint density at radius 3 is 2.48 bits per heavy atom. The Balaban J connectivity index is 1.57. The van der Waals surface area contributed by atoms with Gasteiger partial charge in [-0.15, -0.1) is 0 Å². The lowest BCUT2D eigenvalue weighted by molar-refractivity contribution is 0.112. The van der Waals surface area contributed by atoms with Crippen LogP contribution in [0.1, 0.15) is 36.0 Å².